The van der Waals surface area contributed by atoms with Gasteiger partial charge in [0.2, 0.25) is 5.91 Å². The molecule has 1 amide bonds. The highest BCUT2D eigenvalue weighted by molar-refractivity contribution is 6.32. The summed E-state index contributed by atoms with van der Waals surface area (Å²) in [5.41, 5.74) is 1.76. The lowest BCUT2D eigenvalue weighted by molar-refractivity contribution is -0.139. The van der Waals surface area contributed by atoms with Crippen molar-refractivity contribution in [1.82, 2.24) is 24.6 Å². The maximum atomic E-state index is 13.8. The molecule has 196 valence electrons. The molecule has 0 N–H and O–H groups in total. The number of pyridine rings is 1. The smallest absolute Gasteiger partial charge is 0.225 e. The van der Waals surface area contributed by atoms with E-state index in [1.165, 1.54) is 12.8 Å². The van der Waals surface area contributed by atoms with E-state index in [1.807, 2.05) is 35.0 Å². The van der Waals surface area contributed by atoms with Gasteiger partial charge in [-0.25, -0.2) is 9.67 Å². The van der Waals surface area contributed by atoms with Crippen LogP contribution in [-0.4, -0.2) is 50.3 Å². The van der Waals surface area contributed by atoms with Gasteiger partial charge >= 0.3 is 0 Å². The maximum absolute atomic E-state index is 13.8. The lowest BCUT2D eigenvalue weighted by Gasteiger charge is -2.35. The molecule has 2 saturated carbocycles. The molecule has 0 unspecified atom stereocenters. The fourth-order valence-corrected chi connectivity index (χ4v) is 6.03. The van der Waals surface area contributed by atoms with E-state index in [0.717, 1.165) is 61.4 Å². The van der Waals surface area contributed by atoms with Crippen LogP contribution in [0.2, 0.25) is 5.02 Å². The first kappa shape index (κ1) is 25.7. The van der Waals surface area contributed by atoms with Crippen LogP contribution in [-0.2, 0) is 11.3 Å². The summed E-state index contributed by atoms with van der Waals surface area (Å²) in [6.07, 6.45) is 12.4. The molecule has 0 bridgehead atoms. The highest BCUT2D eigenvalue weighted by Crippen LogP contribution is 2.33. The quantitative estimate of drug-likeness (QED) is 0.349. The average molecular weight is 522 g/mol. The highest BCUT2D eigenvalue weighted by atomic mass is 35.5. The fourth-order valence-electron chi connectivity index (χ4n) is 5.77. The van der Waals surface area contributed by atoms with Crippen LogP contribution in [0.1, 0.15) is 58.3 Å². The number of benzene rings is 1. The van der Waals surface area contributed by atoms with Crippen molar-refractivity contribution in [2.24, 2.45) is 11.8 Å². The molecule has 1 aromatic carbocycles. The molecule has 7 nitrogen and oxygen atoms in total. The zero-order chi connectivity index (χ0) is 25.8. The van der Waals surface area contributed by atoms with Gasteiger partial charge in [0.25, 0.3) is 0 Å². The summed E-state index contributed by atoms with van der Waals surface area (Å²) in [5, 5.41) is 5.40. The van der Waals surface area contributed by atoms with Gasteiger partial charge in [0, 0.05) is 42.0 Å². The second-order valence-electron chi connectivity index (χ2n) is 10.5. The minimum atomic E-state index is 0.153. The molecule has 2 heterocycles. The van der Waals surface area contributed by atoms with Crippen molar-refractivity contribution >= 4 is 17.5 Å². The predicted molar refractivity (Wildman–Crippen MR) is 145 cm³/mol. The van der Waals surface area contributed by atoms with Crippen molar-refractivity contribution in [3.63, 3.8) is 0 Å². The van der Waals surface area contributed by atoms with Gasteiger partial charge < -0.3 is 9.64 Å². The third kappa shape index (κ3) is 5.82. The molecule has 0 atom stereocenters. The number of carbonyl (C=O) groups excluding carboxylic acids is 1. The van der Waals surface area contributed by atoms with Gasteiger partial charge in [-0.3, -0.25) is 9.78 Å². The average Bonchev–Trinajstić information content (AvgIpc) is 3.60. The summed E-state index contributed by atoms with van der Waals surface area (Å²) in [7, 11) is 1.60. The molecule has 2 aliphatic rings. The van der Waals surface area contributed by atoms with Crippen LogP contribution in [0.25, 0.3) is 22.8 Å². The van der Waals surface area contributed by atoms with Crippen LogP contribution in [0.4, 0.5) is 0 Å². The lowest BCUT2D eigenvalue weighted by atomic mass is 9.82. The van der Waals surface area contributed by atoms with Crippen molar-refractivity contribution in [3.8, 4) is 28.5 Å². The minimum absolute atomic E-state index is 0.153. The molecule has 0 aliphatic heterocycles. The number of halogens is 1. The third-order valence-electron chi connectivity index (χ3n) is 7.99. The van der Waals surface area contributed by atoms with Gasteiger partial charge in [0.1, 0.15) is 5.75 Å². The molecule has 2 aromatic heterocycles. The number of nitrogens with zero attached hydrogens (tertiary/aromatic N) is 5. The van der Waals surface area contributed by atoms with E-state index in [9.17, 15) is 4.79 Å². The summed E-state index contributed by atoms with van der Waals surface area (Å²) >= 11 is 6.46. The molecule has 0 spiro atoms. The Morgan fingerprint density at radius 1 is 1.05 bits per heavy atom. The van der Waals surface area contributed by atoms with Gasteiger partial charge in [-0.1, -0.05) is 31.4 Å². The molecule has 37 heavy (non-hydrogen) atoms. The van der Waals surface area contributed by atoms with E-state index in [-0.39, 0.29) is 5.92 Å². The molecule has 3 aromatic rings. The zero-order valence-electron chi connectivity index (χ0n) is 21.8. The number of methoxy groups -OCH3 is 1. The summed E-state index contributed by atoms with van der Waals surface area (Å²) in [5.74, 6) is 3.18. The summed E-state index contributed by atoms with van der Waals surface area (Å²) in [6.45, 7) is 3.50. The number of rotatable bonds is 8. The second kappa shape index (κ2) is 11.6. The van der Waals surface area contributed by atoms with E-state index in [1.54, 1.807) is 19.5 Å². The first-order valence-corrected chi connectivity index (χ1v) is 13.9. The van der Waals surface area contributed by atoms with Crippen molar-refractivity contribution in [3.05, 3.63) is 47.7 Å². The van der Waals surface area contributed by atoms with E-state index < -0.39 is 0 Å². The van der Waals surface area contributed by atoms with Crippen molar-refractivity contribution in [1.29, 1.82) is 0 Å². The Morgan fingerprint density at radius 2 is 1.78 bits per heavy atom. The Bertz CT molecular complexity index is 1200. The van der Waals surface area contributed by atoms with Gasteiger partial charge in [0.05, 0.1) is 18.7 Å². The second-order valence-corrected chi connectivity index (χ2v) is 10.9. The number of carbonyl (C=O) groups is 1. The standard InChI is InChI=1S/C29H36ClN5O2/c1-20-7-9-22(10-8-20)29(36)34(24-5-3-4-6-24)17-18-35-28(23-11-12-26(37-2)25(30)19-23)32-27(33-35)21-13-15-31-16-14-21/h11-16,19-20,22,24H,3-10,17-18H2,1-2H3. The SMILES string of the molecule is COc1ccc(-c2nc(-c3ccncc3)nn2CCN(C(=O)C2CCC(C)CC2)C2CCCC2)cc1Cl. The van der Waals surface area contributed by atoms with E-state index in [4.69, 9.17) is 26.4 Å². The molecule has 2 aliphatic carbocycles. The van der Waals surface area contributed by atoms with Gasteiger partial charge in [-0.05, 0) is 74.8 Å². The van der Waals surface area contributed by atoms with Crippen LogP contribution in [0.3, 0.4) is 0 Å². The normalized spacial score (nSPS) is 20.2. The van der Waals surface area contributed by atoms with Gasteiger partial charge in [-0.15, -0.1) is 0 Å². The third-order valence-corrected chi connectivity index (χ3v) is 8.28. The molecular weight excluding hydrogens is 486 g/mol. The largest absolute Gasteiger partial charge is 0.495 e. The van der Waals surface area contributed by atoms with E-state index >= 15 is 0 Å². The highest BCUT2D eigenvalue weighted by Gasteiger charge is 2.33. The number of ether oxygens (including phenoxy) is 1. The summed E-state index contributed by atoms with van der Waals surface area (Å²) in [4.78, 5) is 24.9. The Morgan fingerprint density at radius 3 is 2.46 bits per heavy atom. The van der Waals surface area contributed by atoms with Crippen LogP contribution >= 0.6 is 11.6 Å². The topological polar surface area (TPSA) is 73.1 Å². The maximum Gasteiger partial charge on any atom is 0.225 e. The van der Waals surface area contributed by atoms with Crippen molar-refractivity contribution in [2.45, 2.75) is 70.9 Å². The summed E-state index contributed by atoms with van der Waals surface area (Å²) in [6, 6.07) is 9.80. The minimum Gasteiger partial charge on any atom is -0.495 e. The molecule has 5 rings (SSSR count). The Balaban J connectivity index is 1.43. The molecule has 0 saturated heterocycles. The van der Waals surface area contributed by atoms with Crippen molar-refractivity contribution < 1.29 is 9.53 Å². The molecular formula is C29H36ClN5O2. The zero-order valence-corrected chi connectivity index (χ0v) is 22.5. The van der Waals surface area contributed by atoms with Gasteiger partial charge in [-0.2, -0.15) is 5.10 Å². The van der Waals surface area contributed by atoms with Crippen LogP contribution in [0.5, 0.6) is 5.75 Å². The Labute approximate surface area is 224 Å². The number of hydrogen-bond acceptors (Lipinski definition) is 5. The van der Waals surface area contributed by atoms with Crippen LogP contribution in [0.15, 0.2) is 42.7 Å². The molecule has 0 radical (unpaired) electrons. The lowest BCUT2D eigenvalue weighted by Crippen LogP contribution is -2.45. The monoisotopic (exact) mass is 521 g/mol. The Kier molecular flexibility index (Phi) is 8.08. The molecule has 2 fully saturated rings. The van der Waals surface area contributed by atoms with E-state index in [2.05, 4.69) is 16.8 Å². The van der Waals surface area contributed by atoms with E-state index in [0.29, 0.717) is 41.6 Å². The molecule has 8 heteroatoms. The van der Waals surface area contributed by atoms with Crippen LogP contribution in [0, 0.1) is 11.8 Å². The van der Waals surface area contributed by atoms with Crippen molar-refractivity contribution in [2.75, 3.05) is 13.7 Å². The number of hydrogen-bond donors (Lipinski definition) is 0. The summed E-state index contributed by atoms with van der Waals surface area (Å²) < 4.78 is 7.26. The fraction of sp³-hybridized carbons (Fsp3) is 0.517. The number of aromatic nitrogens is 4. The first-order chi connectivity index (χ1) is 18.0. The van der Waals surface area contributed by atoms with Gasteiger partial charge in [0.15, 0.2) is 11.6 Å². The van der Waals surface area contributed by atoms with Crippen LogP contribution < -0.4 is 4.74 Å². The predicted octanol–water partition coefficient (Wildman–Crippen LogP) is 6.27. The Hall–Kier alpha value is -2.93. The number of amides is 1. The first-order valence-electron chi connectivity index (χ1n) is 13.5.